The Balaban J connectivity index is 3.37. The molecule has 0 heterocycles. The highest BCUT2D eigenvalue weighted by molar-refractivity contribution is 6.19. The third-order valence-electron chi connectivity index (χ3n) is 0.849. The summed E-state index contributed by atoms with van der Waals surface area (Å²) in [4.78, 5) is 10.6. The summed E-state index contributed by atoms with van der Waals surface area (Å²) in [6.45, 7) is 1.74. The number of ether oxygens (including phenoxy) is 1. The predicted molar refractivity (Wildman–Crippen MR) is 41.6 cm³/mol. The van der Waals surface area contributed by atoms with Gasteiger partial charge in [-0.1, -0.05) is 0 Å². The van der Waals surface area contributed by atoms with Gasteiger partial charge in [-0.25, -0.2) is 0 Å². The van der Waals surface area contributed by atoms with E-state index in [4.69, 9.17) is 27.9 Å². The second-order valence-electron chi connectivity index (χ2n) is 1.89. The summed E-state index contributed by atoms with van der Waals surface area (Å²) in [7, 11) is 0. The molecule has 0 aromatic carbocycles. The Morgan fingerprint density at radius 2 is 2.20 bits per heavy atom. The van der Waals surface area contributed by atoms with Gasteiger partial charge in [0, 0.05) is 5.88 Å². The fraction of sp³-hybridized carbons (Fsp3) is 0.833. The van der Waals surface area contributed by atoms with Crippen LogP contribution >= 0.6 is 23.2 Å². The molecule has 0 aromatic heterocycles. The molecule has 0 fully saturated rings. The number of alkyl halides is 2. The van der Waals surface area contributed by atoms with E-state index in [2.05, 4.69) is 0 Å². The van der Waals surface area contributed by atoms with E-state index in [9.17, 15) is 4.79 Å². The van der Waals surface area contributed by atoms with Crippen molar-refractivity contribution in [3.8, 4) is 0 Å². The van der Waals surface area contributed by atoms with Crippen molar-refractivity contribution in [3.05, 3.63) is 0 Å². The fourth-order valence-corrected chi connectivity index (χ4v) is 0.609. The van der Waals surface area contributed by atoms with Gasteiger partial charge in [-0.15, -0.1) is 23.2 Å². The summed E-state index contributed by atoms with van der Waals surface area (Å²) in [5, 5.41) is 0. The molecule has 0 aliphatic heterocycles. The van der Waals surface area contributed by atoms with Crippen LogP contribution in [0.5, 0.6) is 0 Å². The van der Waals surface area contributed by atoms with Gasteiger partial charge in [0.2, 0.25) is 0 Å². The van der Waals surface area contributed by atoms with Gasteiger partial charge in [0.15, 0.2) is 0 Å². The summed E-state index contributed by atoms with van der Waals surface area (Å²) in [6.07, 6.45) is 0.0420. The van der Waals surface area contributed by atoms with Crippen molar-refractivity contribution in [2.24, 2.45) is 0 Å². The van der Waals surface area contributed by atoms with Crippen molar-refractivity contribution < 1.29 is 9.53 Å². The summed E-state index contributed by atoms with van der Waals surface area (Å²) < 4.78 is 4.78. The van der Waals surface area contributed by atoms with Crippen molar-refractivity contribution in [2.45, 2.75) is 19.4 Å². The number of hydrogen-bond acceptors (Lipinski definition) is 2. The minimum atomic E-state index is -0.289. The molecule has 1 unspecified atom stereocenters. The Kier molecular flexibility index (Phi) is 5.84. The van der Waals surface area contributed by atoms with Gasteiger partial charge in [-0.3, -0.25) is 4.79 Å². The molecule has 0 N–H and O–H groups in total. The Morgan fingerprint density at radius 1 is 1.60 bits per heavy atom. The predicted octanol–water partition coefficient (Wildman–Crippen LogP) is 1.79. The maximum atomic E-state index is 10.6. The van der Waals surface area contributed by atoms with Crippen molar-refractivity contribution in [2.75, 3.05) is 11.8 Å². The zero-order chi connectivity index (χ0) is 7.98. The van der Waals surface area contributed by atoms with Gasteiger partial charge in [0.25, 0.3) is 0 Å². The monoisotopic (exact) mass is 184 g/mol. The summed E-state index contributed by atoms with van der Waals surface area (Å²) in [5.74, 6) is 0.338. The lowest BCUT2D eigenvalue weighted by Gasteiger charge is -2.07. The molecular formula is C6H10Cl2O2. The maximum Gasteiger partial charge on any atom is 0.307 e. The summed E-state index contributed by atoms with van der Waals surface area (Å²) in [6, 6.07) is 0. The minimum Gasteiger partial charge on any atom is -0.461 e. The van der Waals surface area contributed by atoms with Crippen molar-refractivity contribution in [1.29, 1.82) is 0 Å². The van der Waals surface area contributed by atoms with E-state index in [1.807, 2.05) is 0 Å². The van der Waals surface area contributed by atoms with Crippen molar-refractivity contribution in [3.63, 3.8) is 0 Å². The number of esters is 1. The normalized spacial score (nSPS) is 12.7. The molecule has 0 saturated heterocycles. The third-order valence-corrected chi connectivity index (χ3v) is 1.47. The van der Waals surface area contributed by atoms with Crippen LogP contribution in [0.2, 0.25) is 0 Å². The lowest BCUT2D eigenvalue weighted by atomic mass is 10.4. The SMILES string of the molecule is CC(CCl)OC(=O)CCCl. The first-order valence-corrected chi connectivity index (χ1v) is 4.09. The van der Waals surface area contributed by atoms with Gasteiger partial charge in [-0.05, 0) is 6.92 Å². The number of hydrogen-bond donors (Lipinski definition) is 0. The van der Waals surface area contributed by atoms with E-state index in [0.717, 1.165) is 0 Å². The Labute approximate surface area is 70.4 Å². The van der Waals surface area contributed by atoms with Crippen molar-refractivity contribution in [1.82, 2.24) is 0 Å². The van der Waals surface area contributed by atoms with Crippen LogP contribution in [0.15, 0.2) is 0 Å². The van der Waals surface area contributed by atoms with Crippen LogP contribution in [0.25, 0.3) is 0 Å². The molecule has 0 radical (unpaired) electrons. The highest BCUT2D eigenvalue weighted by Crippen LogP contribution is 1.97. The van der Waals surface area contributed by atoms with Gasteiger partial charge in [-0.2, -0.15) is 0 Å². The molecule has 0 aliphatic carbocycles. The van der Waals surface area contributed by atoms with E-state index < -0.39 is 0 Å². The topological polar surface area (TPSA) is 26.3 Å². The smallest absolute Gasteiger partial charge is 0.307 e. The summed E-state index contributed by atoms with van der Waals surface area (Å²) >= 11 is 10.7. The molecular weight excluding hydrogens is 175 g/mol. The standard InChI is InChI=1S/C6H10Cl2O2/c1-5(4-8)10-6(9)2-3-7/h5H,2-4H2,1H3. The summed E-state index contributed by atoms with van der Waals surface area (Å²) in [5.41, 5.74) is 0. The number of rotatable bonds is 4. The molecule has 2 nitrogen and oxygen atoms in total. The van der Waals surface area contributed by atoms with E-state index in [1.54, 1.807) is 6.92 Å². The molecule has 0 bridgehead atoms. The molecule has 0 aliphatic rings. The quantitative estimate of drug-likeness (QED) is 0.493. The molecule has 1 atom stereocenters. The maximum absolute atomic E-state index is 10.6. The number of carbonyl (C=O) groups is 1. The molecule has 0 aromatic rings. The molecule has 60 valence electrons. The third kappa shape index (κ3) is 4.89. The van der Waals surface area contributed by atoms with Gasteiger partial charge in [0.1, 0.15) is 6.10 Å². The first kappa shape index (κ1) is 10.0. The van der Waals surface area contributed by atoms with E-state index in [1.165, 1.54) is 0 Å². The number of halogens is 2. The van der Waals surface area contributed by atoms with Crippen LogP contribution in [0, 0.1) is 0 Å². The molecule has 0 spiro atoms. The Bertz CT molecular complexity index is 106. The van der Waals surface area contributed by atoms with Gasteiger partial charge in [0.05, 0.1) is 12.3 Å². The van der Waals surface area contributed by atoms with E-state index in [-0.39, 0.29) is 18.5 Å². The minimum absolute atomic E-state index is 0.211. The second-order valence-corrected chi connectivity index (χ2v) is 2.58. The number of carbonyl (C=O) groups excluding carboxylic acids is 1. The fourth-order valence-electron chi connectivity index (χ4n) is 0.392. The lowest BCUT2D eigenvalue weighted by Crippen LogP contribution is -2.16. The molecule has 4 heteroatoms. The van der Waals surface area contributed by atoms with Crippen LogP contribution < -0.4 is 0 Å². The Hall–Kier alpha value is 0.0500. The molecule has 0 amide bonds. The molecule has 0 saturated carbocycles. The van der Waals surface area contributed by atoms with E-state index >= 15 is 0 Å². The van der Waals surface area contributed by atoms with Crippen LogP contribution in [-0.4, -0.2) is 23.8 Å². The van der Waals surface area contributed by atoms with Crippen LogP contribution in [-0.2, 0) is 9.53 Å². The Morgan fingerprint density at radius 3 is 2.60 bits per heavy atom. The molecule has 0 rings (SSSR count). The van der Waals surface area contributed by atoms with Gasteiger partial charge >= 0.3 is 5.97 Å². The first-order chi connectivity index (χ1) is 4.70. The van der Waals surface area contributed by atoms with Crippen LogP contribution in [0.1, 0.15) is 13.3 Å². The highest BCUT2D eigenvalue weighted by Gasteiger charge is 2.06. The molecule has 10 heavy (non-hydrogen) atoms. The van der Waals surface area contributed by atoms with Crippen molar-refractivity contribution >= 4 is 29.2 Å². The van der Waals surface area contributed by atoms with Crippen LogP contribution in [0.3, 0.4) is 0 Å². The first-order valence-electron chi connectivity index (χ1n) is 3.02. The average Bonchev–Trinajstić information content (AvgIpc) is 1.88. The average molecular weight is 185 g/mol. The lowest BCUT2D eigenvalue weighted by molar-refractivity contribution is -0.146. The van der Waals surface area contributed by atoms with Gasteiger partial charge < -0.3 is 4.74 Å². The van der Waals surface area contributed by atoms with Crippen LogP contribution in [0.4, 0.5) is 0 Å². The second kappa shape index (κ2) is 5.81. The zero-order valence-corrected chi connectivity index (χ0v) is 7.28. The zero-order valence-electron chi connectivity index (χ0n) is 5.77. The largest absolute Gasteiger partial charge is 0.461 e. The van der Waals surface area contributed by atoms with E-state index in [0.29, 0.717) is 11.8 Å². The highest BCUT2D eigenvalue weighted by atomic mass is 35.5.